The number of anilines is 1. The first-order valence-corrected chi connectivity index (χ1v) is 8.00. The van der Waals surface area contributed by atoms with Crippen LogP contribution in [0, 0.1) is 13.8 Å². The third kappa shape index (κ3) is 2.79. The van der Waals surface area contributed by atoms with Crippen LogP contribution in [-0.2, 0) is 9.59 Å². The van der Waals surface area contributed by atoms with E-state index >= 15 is 0 Å². The summed E-state index contributed by atoms with van der Waals surface area (Å²) in [5.74, 6) is -1.07. The van der Waals surface area contributed by atoms with Gasteiger partial charge in [-0.25, -0.2) is 4.90 Å². The van der Waals surface area contributed by atoms with Gasteiger partial charge in [-0.05, 0) is 25.0 Å². The molecule has 0 spiro atoms. The van der Waals surface area contributed by atoms with E-state index in [4.69, 9.17) is 9.47 Å². The van der Waals surface area contributed by atoms with E-state index < -0.39 is 17.6 Å². The highest BCUT2D eigenvalue weighted by Crippen LogP contribution is 2.36. The maximum atomic E-state index is 13.0. The highest BCUT2D eigenvalue weighted by molar-refractivity contribution is 6.45. The van der Waals surface area contributed by atoms with Gasteiger partial charge in [0, 0.05) is 18.2 Å². The molecule has 26 heavy (non-hydrogen) atoms. The average Bonchev–Trinajstić information content (AvgIpc) is 2.84. The fraction of sp³-hybridized carbons (Fsp3) is 0.200. The average molecular weight is 353 g/mol. The molecule has 0 aromatic heterocycles. The second-order valence-corrected chi connectivity index (χ2v) is 6.06. The Labute approximate surface area is 151 Å². The lowest BCUT2D eigenvalue weighted by Crippen LogP contribution is -2.31. The minimum Gasteiger partial charge on any atom is -0.502 e. The molecule has 1 aliphatic heterocycles. The van der Waals surface area contributed by atoms with Crippen LogP contribution in [0.2, 0.25) is 0 Å². The topological polar surface area (TPSA) is 76.1 Å². The summed E-state index contributed by atoms with van der Waals surface area (Å²) in [5, 5.41) is 10.4. The van der Waals surface area contributed by atoms with Gasteiger partial charge < -0.3 is 14.6 Å². The Bertz CT molecular complexity index is 923. The number of hydrogen-bond acceptors (Lipinski definition) is 5. The summed E-state index contributed by atoms with van der Waals surface area (Å²) in [6.07, 6.45) is 0. The number of nitrogens with zero attached hydrogens (tertiary/aromatic N) is 1. The molecule has 2 aromatic rings. The zero-order valence-corrected chi connectivity index (χ0v) is 15.0. The molecule has 1 aliphatic rings. The van der Waals surface area contributed by atoms with Gasteiger partial charge >= 0.3 is 5.91 Å². The number of methoxy groups -OCH3 is 2. The van der Waals surface area contributed by atoms with Gasteiger partial charge in [-0.3, -0.25) is 9.59 Å². The van der Waals surface area contributed by atoms with E-state index in [2.05, 4.69) is 0 Å². The molecule has 6 heteroatoms. The van der Waals surface area contributed by atoms with Crippen molar-refractivity contribution in [1.29, 1.82) is 0 Å². The Morgan fingerprint density at radius 2 is 1.50 bits per heavy atom. The number of benzene rings is 2. The molecule has 0 saturated heterocycles. The Balaban J connectivity index is 2.09. The molecule has 2 aromatic carbocycles. The van der Waals surface area contributed by atoms with Crippen molar-refractivity contribution in [3.8, 4) is 11.5 Å². The van der Waals surface area contributed by atoms with E-state index in [0.717, 1.165) is 16.0 Å². The van der Waals surface area contributed by atoms with Crippen LogP contribution in [0.25, 0.3) is 5.57 Å². The summed E-state index contributed by atoms with van der Waals surface area (Å²) < 4.78 is 10.4. The molecule has 0 unspecified atom stereocenters. The largest absolute Gasteiger partial charge is 0.502 e. The summed E-state index contributed by atoms with van der Waals surface area (Å²) in [4.78, 5) is 26.5. The molecule has 0 atom stereocenters. The van der Waals surface area contributed by atoms with E-state index in [-0.39, 0.29) is 11.3 Å². The van der Waals surface area contributed by atoms with Crippen LogP contribution >= 0.6 is 0 Å². The van der Waals surface area contributed by atoms with Crippen LogP contribution in [0.5, 0.6) is 11.5 Å². The van der Waals surface area contributed by atoms with Crippen molar-refractivity contribution in [2.45, 2.75) is 13.8 Å². The lowest BCUT2D eigenvalue weighted by atomic mass is 9.98. The predicted octanol–water partition coefficient (Wildman–Crippen LogP) is 3.16. The van der Waals surface area contributed by atoms with Gasteiger partial charge in [-0.1, -0.05) is 23.8 Å². The summed E-state index contributed by atoms with van der Waals surface area (Å²) in [5.41, 5.74) is 2.62. The number of rotatable bonds is 4. The van der Waals surface area contributed by atoms with Gasteiger partial charge in [-0.15, -0.1) is 0 Å². The van der Waals surface area contributed by atoms with E-state index in [9.17, 15) is 14.7 Å². The van der Waals surface area contributed by atoms with Crippen molar-refractivity contribution in [2.75, 3.05) is 19.1 Å². The molecule has 0 radical (unpaired) electrons. The normalized spacial score (nSPS) is 14.2. The number of carbonyl (C=O) groups excluding carboxylic acids is 2. The van der Waals surface area contributed by atoms with E-state index in [1.54, 1.807) is 12.1 Å². The second kappa shape index (κ2) is 6.55. The Kier molecular flexibility index (Phi) is 4.42. The minimum absolute atomic E-state index is 0.00529. The van der Waals surface area contributed by atoms with Crippen molar-refractivity contribution in [2.24, 2.45) is 0 Å². The van der Waals surface area contributed by atoms with Crippen molar-refractivity contribution < 1.29 is 24.2 Å². The molecule has 1 N–H and O–H groups in total. The zero-order valence-electron chi connectivity index (χ0n) is 15.0. The minimum atomic E-state index is -0.778. The Morgan fingerprint density at radius 1 is 0.885 bits per heavy atom. The van der Waals surface area contributed by atoms with Gasteiger partial charge in [0.2, 0.25) is 0 Å². The first-order valence-electron chi connectivity index (χ1n) is 8.00. The van der Waals surface area contributed by atoms with Crippen molar-refractivity contribution >= 4 is 23.1 Å². The lowest BCUT2D eigenvalue weighted by molar-refractivity contribution is -0.121. The van der Waals surface area contributed by atoms with Gasteiger partial charge in [0.1, 0.15) is 11.5 Å². The van der Waals surface area contributed by atoms with Crippen LogP contribution in [0.15, 0.2) is 42.2 Å². The smallest absolute Gasteiger partial charge is 0.301 e. The number of ether oxygens (including phenoxy) is 2. The third-order valence-electron chi connectivity index (χ3n) is 4.31. The molecule has 1 heterocycles. The molecule has 0 fully saturated rings. The molecular formula is C20H19NO5. The Hall–Kier alpha value is -3.28. The van der Waals surface area contributed by atoms with Gasteiger partial charge in [0.25, 0.3) is 5.91 Å². The van der Waals surface area contributed by atoms with Crippen molar-refractivity contribution in [3.05, 3.63) is 58.8 Å². The lowest BCUT2D eigenvalue weighted by Gasteiger charge is -2.17. The first-order chi connectivity index (χ1) is 12.4. The Morgan fingerprint density at radius 3 is 2.04 bits per heavy atom. The molecule has 0 aliphatic carbocycles. The highest BCUT2D eigenvalue weighted by atomic mass is 16.5. The van der Waals surface area contributed by atoms with Crippen molar-refractivity contribution in [3.63, 3.8) is 0 Å². The van der Waals surface area contributed by atoms with Crippen LogP contribution < -0.4 is 14.4 Å². The maximum Gasteiger partial charge on any atom is 0.301 e. The number of aliphatic hydroxyl groups is 1. The molecule has 6 nitrogen and oxygen atoms in total. The van der Waals surface area contributed by atoms with E-state index in [1.807, 2.05) is 26.0 Å². The fourth-order valence-electron chi connectivity index (χ4n) is 3.01. The van der Waals surface area contributed by atoms with Gasteiger partial charge in [0.15, 0.2) is 5.76 Å². The van der Waals surface area contributed by atoms with E-state index in [0.29, 0.717) is 17.1 Å². The third-order valence-corrected chi connectivity index (χ3v) is 4.31. The SMILES string of the molecule is COc1cc(OC)cc(N2C(=O)C(O)=C(c3ccc(C)cc3C)C2=O)c1. The summed E-state index contributed by atoms with van der Waals surface area (Å²) >= 11 is 0. The molecule has 2 amide bonds. The first kappa shape index (κ1) is 17.5. The monoisotopic (exact) mass is 353 g/mol. The maximum absolute atomic E-state index is 13.0. The molecule has 3 rings (SSSR count). The van der Waals surface area contributed by atoms with E-state index in [1.165, 1.54) is 26.4 Å². The van der Waals surface area contributed by atoms with Crippen LogP contribution in [0.1, 0.15) is 16.7 Å². The van der Waals surface area contributed by atoms with Crippen LogP contribution in [0.4, 0.5) is 5.69 Å². The standard InChI is InChI=1S/C20H19NO5/c1-11-5-6-16(12(2)7-11)17-18(22)20(24)21(19(17)23)13-8-14(25-3)10-15(9-13)26-4/h5-10,22H,1-4H3. The second-order valence-electron chi connectivity index (χ2n) is 6.06. The number of hydrogen-bond donors (Lipinski definition) is 1. The summed E-state index contributed by atoms with van der Waals surface area (Å²) in [6.45, 7) is 3.76. The number of aryl methyl sites for hydroxylation is 2. The highest BCUT2D eigenvalue weighted by Gasteiger charge is 2.41. The van der Waals surface area contributed by atoms with Crippen molar-refractivity contribution in [1.82, 2.24) is 0 Å². The van der Waals surface area contributed by atoms with Crippen LogP contribution in [0.3, 0.4) is 0 Å². The fourth-order valence-corrected chi connectivity index (χ4v) is 3.01. The number of amides is 2. The van der Waals surface area contributed by atoms with Gasteiger partial charge in [0.05, 0.1) is 25.5 Å². The van der Waals surface area contributed by atoms with Gasteiger partial charge in [-0.2, -0.15) is 0 Å². The molecule has 134 valence electrons. The summed E-state index contributed by atoms with van der Waals surface area (Å²) in [6, 6.07) is 10.2. The quantitative estimate of drug-likeness (QED) is 0.855. The van der Waals surface area contributed by atoms with Crippen LogP contribution in [-0.4, -0.2) is 31.1 Å². The molecule has 0 saturated carbocycles. The molecular weight excluding hydrogens is 334 g/mol. The number of carbonyl (C=O) groups is 2. The molecule has 0 bridgehead atoms. The summed E-state index contributed by atoms with van der Waals surface area (Å²) in [7, 11) is 2.95. The number of imide groups is 1. The zero-order chi connectivity index (χ0) is 19.0. The predicted molar refractivity (Wildman–Crippen MR) is 97.5 cm³/mol. The number of aliphatic hydroxyl groups excluding tert-OH is 1.